The number of benzene rings is 2. The lowest BCUT2D eigenvalue weighted by atomic mass is 9.83. The first kappa shape index (κ1) is 24.2. The fourth-order valence-electron chi connectivity index (χ4n) is 4.14. The molecule has 0 aliphatic rings. The second kappa shape index (κ2) is 11.4. The second-order valence-corrected chi connectivity index (χ2v) is 7.88. The van der Waals surface area contributed by atoms with Crippen molar-refractivity contribution in [2.75, 3.05) is 11.9 Å². The summed E-state index contributed by atoms with van der Waals surface area (Å²) in [6, 6.07) is 11.1. The molecule has 0 aliphatic carbocycles. The van der Waals surface area contributed by atoms with Crippen LogP contribution in [-0.4, -0.2) is 7.05 Å². The van der Waals surface area contributed by atoms with Crippen LogP contribution in [-0.2, 0) is 0 Å². The first-order valence-electron chi connectivity index (χ1n) is 11.2. The largest absolute Gasteiger partial charge is 0.345 e. The topological polar surface area (TPSA) is 3.24 Å². The molecule has 2 aromatic carbocycles. The smallest absolute Gasteiger partial charge is 0.0449 e. The second-order valence-electron chi connectivity index (χ2n) is 7.88. The van der Waals surface area contributed by atoms with Crippen molar-refractivity contribution in [3.05, 3.63) is 102 Å². The maximum atomic E-state index is 4.16. The SMILES string of the molecule is C=C/C=C\C(=C/C)N(C)c1cccc(-c2c(C)ccc(/C=C\C)c2C=C)c1C(C)CC. The molecule has 2 aromatic rings. The Labute approximate surface area is 189 Å². The molecule has 0 aliphatic heterocycles. The highest BCUT2D eigenvalue weighted by molar-refractivity contribution is 5.87. The Balaban J connectivity index is 2.87. The zero-order valence-corrected chi connectivity index (χ0v) is 20.1. The quantitative estimate of drug-likeness (QED) is 0.372. The zero-order chi connectivity index (χ0) is 23.0. The molecule has 0 heterocycles. The molecule has 1 atom stereocenters. The van der Waals surface area contributed by atoms with Crippen LogP contribution in [0.15, 0.2) is 79.6 Å². The number of nitrogens with zero attached hydrogens (tertiary/aromatic N) is 1. The Bertz CT molecular complexity index is 1020. The molecular formula is C30H37N. The molecule has 0 N–H and O–H groups in total. The van der Waals surface area contributed by atoms with E-state index in [4.69, 9.17) is 0 Å². The number of rotatable bonds is 9. The van der Waals surface area contributed by atoms with Crippen molar-refractivity contribution in [3.8, 4) is 11.1 Å². The third kappa shape index (κ3) is 5.17. The molecule has 1 unspecified atom stereocenters. The molecular weight excluding hydrogens is 374 g/mol. The van der Waals surface area contributed by atoms with Gasteiger partial charge in [-0.3, -0.25) is 0 Å². The molecule has 0 aromatic heterocycles. The van der Waals surface area contributed by atoms with E-state index in [0.29, 0.717) is 5.92 Å². The number of hydrogen-bond acceptors (Lipinski definition) is 1. The van der Waals surface area contributed by atoms with Crippen molar-refractivity contribution in [2.24, 2.45) is 0 Å². The summed E-state index contributed by atoms with van der Waals surface area (Å²) in [6.45, 7) is 18.9. The van der Waals surface area contributed by atoms with Crippen LogP contribution >= 0.6 is 0 Å². The normalized spacial score (nSPS) is 13.0. The molecule has 0 bridgehead atoms. The first-order chi connectivity index (χ1) is 14.9. The van der Waals surface area contributed by atoms with E-state index in [2.05, 4.69) is 114 Å². The average molecular weight is 412 g/mol. The summed E-state index contributed by atoms with van der Waals surface area (Å²) < 4.78 is 0. The lowest BCUT2D eigenvalue weighted by Gasteiger charge is -2.29. The lowest BCUT2D eigenvalue weighted by molar-refractivity contribution is 0.733. The Hall–Kier alpha value is -3.06. The molecule has 0 amide bonds. The van der Waals surface area contributed by atoms with Gasteiger partial charge in [-0.2, -0.15) is 0 Å². The average Bonchev–Trinajstić information content (AvgIpc) is 2.79. The van der Waals surface area contributed by atoms with Crippen LogP contribution in [0.4, 0.5) is 5.69 Å². The van der Waals surface area contributed by atoms with Crippen molar-refractivity contribution < 1.29 is 0 Å². The van der Waals surface area contributed by atoms with Gasteiger partial charge >= 0.3 is 0 Å². The molecule has 0 radical (unpaired) electrons. The van der Waals surface area contributed by atoms with Crippen LogP contribution in [0.3, 0.4) is 0 Å². The van der Waals surface area contributed by atoms with E-state index < -0.39 is 0 Å². The highest BCUT2D eigenvalue weighted by atomic mass is 15.1. The lowest BCUT2D eigenvalue weighted by Crippen LogP contribution is -2.18. The third-order valence-corrected chi connectivity index (χ3v) is 5.94. The minimum atomic E-state index is 0.414. The molecule has 0 saturated carbocycles. The van der Waals surface area contributed by atoms with Crippen LogP contribution in [0.25, 0.3) is 23.3 Å². The Morgan fingerprint density at radius 2 is 1.87 bits per heavy atom. The van der Waals surface area contributed by atoms with Gasteiger partial charge in [-0.1, -0.05) is 87.7 Å². The van der Waals surface area contributed by atoms with Gasteiger partial charge in [0, 0.05) is 18.4 Å². The summed E-state index contributed by atoms with van der Waals surface area (Å²) in [5.74, 6) is 0.414. The van der Waals surface area contributed by atoms with Crippen LogP contribution in [0, 0.1) is 6.92 Å². The molecule has 1 nitrogen and oxygen atoms in total. The summed E-state index contributed by atoms with van der Waals surface area (Å²) >= 11 is 0. The van der Waals surface area contributed by atoms with Gasteiger partial charge < -0.3 is 4.90 Å². The summed E-state index contributed by atoms with van der Waals surface area (Å²) in [7, 11) is 2.14. The van der Waals surface area contributed by atoms with Crippen LogP contribution in [0.1, 0.15) is 62.3 Å². The molecule has 0 saturated heterocycles. The van der Waals surface area contributed by atoms with E-state index >= 15 is 0 Å². The maximum Gasteiger partial charge on any atom is 0.0449 e. The van der Waals surface area contributed by atoms with Gasteiger partial charge in [0.25, 0.3) is 0 Å². The Kier molecular flexibility index (Phi) is 8.88. The van der Waals surface area contributed by atoms with Gasteiger partial charge in [0.05, 0.1) is 0 Å². The summed E-state index contributed by atoms with van der Waals surface area (Å²) in [5.41, 5.74) is 9.99. The van der Waals surface area contributed by atoms with Crippen LogP contribution < -0.4 is 4.90 Å². The predicted molar refractivity (Wildman–Crippen MR) is 142 cm³/mol. The molecule has 0 spiro atoms. The zero-order valence-electron chi connectivity index (χ0n) is 20.1. The van der Waals surface area contributed by atoms with Crippen molar-refractivity contribution in [3.63, 3.8) is 0 Å². The molecule has 0 fully saturated rings. The molecule has 1 heteroatoms. The Morgan fingerprint density at radius 3 is 2.45 bits per heavy atom. The van der Waals surface area contributed by atoms with Gasteiger partial charge in [0.15, 0.2) is 0 Å². The van der Waals surface area contributed by atoms with E-state index in [1.807, 2.05) is 18.2 Å². The van der Waals surface area contributed by atoms with Crippen molar-refractivity contribution >= 4 is 17.8 Å². The maximum absolute atomic E-state index is 4.16. The van der Waals surface area contributed by atoms with Crippen molar-refractivity contribution in [2.45, 2.75) is 47.0 Å². The van der Waals surface area contributed by atoms with Crippen molar-refractivity contribution in [1.29, 1.82) is 0 Å². The minimum absolute atomic E-state index is 0.414. The van der Waals surface area contributed by atoms with Crippen molar-refractivity contribution in [1.82, 2.24) is 0 Å². The predicted octanol–water partition coefficient (Wildman–Crippen LogP) is 8.93. The van der Waals surface area contributed by atoms with E-state index in [0.717, 1.165) is 12.1 Å². The van der Waals surface area contributed by atoms with Gasteiger partial charge in [-0.25, -0.2) is 0 Å². The minimum Gasteiger partial charge on any atom is -0.345 e. The highest BCUT2D eigenvalue weighted by Crippen LogP contribution is 2.42. The van der Waals surface area contributed by atoms with E-state index in [1.54, 1.807) is 0 Å². The fourth-order valence-corrected chi connectivity index (χ4v) is 4.14. The van der Waals surface area contributed by atoms with E-state index in [1.165, 1.54) is 39.1 Å². The fraction of sp³-hybridized carbons (Fsp3) is 0.267. The standard InChI is InChI=1S/C30H37N/c1-9-14-17-25(12-4)31(8)28-19-15-18-27(30(28)22(6)11-3)29-23(7)20-21-24(16-10-2)26(29)13-5/h9-10,12-22H,1,5,11H2,2-4,6-8H3/b16-10-,17-14-,25-12+. The summed E-state index contributed by atoms with van der Waals surface area (Å²) in [4.78, 5) is 2.28. The number of hydrogen-bond donors (Lipinski definition) is 0. The van der Waals surface area contributed by atoms with Crippen LogP contribution in [0.5, 0.6) is 0 Å². The summed E-state index contributed by atoms with van der Waals surface area (Å²) in [5, 5.41) is 0. The van der Waals surface area contributed by atoms with Crippen LogP contribution in [0.2, 0.25) is 0 Å². The van der Waals surface area contributed by atoms with E-state index in [-0.39, 0.29) is 0 Å². The van der Waals surface area contributed by atoms with Gasteiger partial charge in [-0.05, 0) is 78.6 Å². The highest BCUT2D eigenvalue weighted by Gasteiger charge is 2.21. The summed E-state index contributed by atoms with van der Waals surface area (Å²) in [6.07, 6.45) is 15.4. The van der Waals surface area contributed by atoms with Gasteiger partial charge in [0.1, 0.15) is 0 Å². The third-order valence-electron chi connectivity index (χ3n) is 5.94. The number of allylic oxidation sites excluding steroid dienone is 5. The van der Waals surface area contributed by atoms with E-state index in [9.17, 15) is 0 Å². The molecule has 31 heavy (non-hydrogen) atoms. The molecule has 2 rings (SSSR count). The van der Waals surface area contributed by atoms with Gasteiger partial charge in [0.2, 0.25) is 0 Å². The monoisotopic (exact) mass is 411 g/mol. The Morgan fingerprint density at radius 1 is 1.13 bits per heavy atom. The number of anilines is 1. The number of likely N-dealkylation sites (N-methyl/N-ethyl adjacent to an activating group) is 1. The van der Waals surface area contributed by atoms with Gasteiger partial charge in [-0.15, -0.1) is 0 Å². The number of aryl methyl sites for hydroxylation is 1. The molecule has 162 valence electrons. The first-order valence-corrected chi connectivity index (χ1v) is 11.2.